The van der Waals surface area contributed by atoms with Gasteiger partial charge >= 0.3 is 5.97 Å². The van der Waals surface area contributed by atoms with E-state index in [1.807, 2.05) is 6.08 Å². The summed E-state index contributed by atoms with van der Waals surface area (Å²) in [5, 5.41) is 135. The number of hydrogen-bond donors (Lipinski definition) is 14. The summed E-state index contributed by atoms with van der Waals surface area (Å²) in [4.78, 5) is 38.4. The largest absolute Gasteiger partial charge is 0.477 e. The monoisotopic (exact) mass is 1220 g/mol. The molecule has 3 aliphatic heterocycles. The third-order valence-corrected chi connectivity index (χ3v) is 16.7. The first-order valence-corrected chi connectivity index (χ1v) is 32.6. The molecule has 498 valence electrons. The second-order valence-electron chi connectivity index (χ2n) is 24.0. The summed E-state index contributed by atoms with van der Waals surface area (Å²) in [6, 6.07) is -2.61. The van der Waals surface area contributed by atoms with Crippen molar-refractivity contribution in [2.45, 2.75) is 336 Å². The molecule has 23 heteroatoms. The van der Waals surface area contributed by atoms with Crippen LogP contribution in [0.25, 0.3) is 0 Å². The molecule has 23 nitrogen and oxygen atoms in total. The van der Waals surface area contributed by atoms with E-state index in [0.29, 0.717) is 12.8 Å². The Morgan fingerprint density at radius 3 is 1.56 bits per heavy atom. The van der Waals surface area contributed by atoms with Crippen LogP contribution in [0.1, 0.15) is 226 Å². The van der Waals surface area contributed by atoms with Crippen molar-refractivity contribution in [2.24, 2.45) is 0 Å². The zero-order chi connectivity index (χ0) is 62.6. The number of unbranched alkanes of at least 4 members (excludes halogenated alkanes) is 28. The Kier molecular flexibility index (Phi) is 39.7. The van der Waals surface area contributed by atoms with E-state index in [1.165, 1.54) is 122 Å². The molecule has 3 saturated heterocycles. The van der Waals surface area contributed by atoms with E-state index in [0.717, 1.165) is 64.7 Å². The molecule has 3 heterocycles. The van der Waals surface area contributed by atoms with Gasteiger partial charge in [0.1, 0.15) is 67.1 Å². The lowest BCUT2D eigenvalue weighted by atomic mass is 9.88. The highest BCUT2D eigenvalue weighted by Gasteiger charge is 2.60. The zero-order valence-electron chi connectivity index (χ0n) is 51.5. The first-order chi connectivity index (χ1) is 40.9. The van der Waals surface area contributed by atoms with Crippen molar-refractivity contribution in [2.75, 3.05) is 26.4 Å². The van der Waals surface area contributed by atoms with Gasteiger partial charge in [0.2, 0.25) is 11.8 Å². The van der Waals surface area contributed by atoms with Crippen LogP contribution < -0.4 is 10.6 Å². The first-order valence-electron chi connectivity index (χ1n) is 32.6. The molecule has 0 bridgehead atoms. The van der Waals surface area contributed by atoms with Gasteiger partial charge in [0.15, 0.2) is 12.6 Å². The van der Waals surface area contributed by atoms with Crippen LogP contribution in [0, 0.1) is 0 Å². The van der Waals surface area contributed by atoms with Gasteiger partial charge in [0.25, 0.3) is 5.79 Å². The number of carboxylic acids is 1. The summed E-state index contributed by atoms with van der Waals surface area (Å²) in [5.74, 6) is -6.14. The Labute approximate surface area is 505 Å². The van der Waals surface area contributed by atoms with E-state index in [4.69, 9.17) is 28.4 Å². The average Bonchev–Trinajstić information content (AvgIpc) is 3.21. The maximum Gasteiger partial charge on any atom is 0.364 e. The molecule has 0 aromatic carbocycles. The summed E-state index contributed by atoms with van der Waals surface area (Å²) in [6.45, 7) is 2.09. The predicted molar refractivity (Wildman–Crippen MR) is 315 cm³/mol. The molecule has 0 aromatic rings. The standard InChI is InChI=1S/C62H114N2O21/c1-4-6-8-10-12-14-15-16-17-18-19-20-21-22-23-24-25-26-28-30-32-34-36-49(72)64-43(44(69)35-33-31-29-27-13-11-9-7-5-2)41-80-59-54(76)53(75)56(48(40-67)82-59)83-60-55(77)58(52(74)47(39-66)81-60)85-62(61(78)79)37-45(70)50(63-42(3)68)57(84-62)51(73)46(71)38-65/h33,35,43-48,50-60,65-67,69-71,73-77H,4-32,34,36-41H2,1-3H3,(H,63,68)(H,64,72)(H,78,79)/b35-33+. The molecule has 14 N–H and O–H groups in total. The number of ether oxygens (including phenoxy) is 6. The number of carbonyl (C=O) groups is 3. The number of amides is 2. The molecule has 18 atom stereocenters. The smallest absolute Gasteiger partial charge is 0.364 e. The number of allylic oxidation sites excluding steroid dienone is 1. The molecule has 0 aromatic heterocycles. The number of aliphatic carboxylic acids is 1. The minimum Gasteiger partial charge on any atom is -0.477 e. The average molecular weight is 1220 g/mol. The SMILES string of the molecule is CCCCCCCCC/C=C/C(O)C(COC1OC(CO)C(OC2OC(CO)C(O)C(OC3(C(=O)O)CC(O)C(NC(C)=O)C(C(O)C(O)CO)O3)C2O)C(O)C1O)NC(=O)CCCCCCCCCCCCCCCCCCCCCCCC. The Balaban J connectivity index is 1.57. The van der Waals surface area contributed by atoms with E-state index in [9.17, 15) is 75.7 Å². The zero-order valence-corrected chi connectivity index (χ0v) is 51.5. The fraction of sp³-hybridized carbons (Fsp3) is 0.919. The second-order valence-corrected chi connectivity index (χ2v) is 24.0. The molecule has 3 rings (SSSR count). The van der Waals surface area contributed by atoms with Crippen LogP contribution in [-0.2, 0) is 42.8 Å². The summed E-state index contributed by atoms with van der Waals surface area (Å²) >= 11 is 0. The van der Waals surface area contributed by atoms with Crippen LogP contribution in [0.4, 0.5) is 0 Å². The fourth-order valence-corrected chi connectivity index (χ4v) is 11.5. The van der Waals surface area contributed by atoms with E-state index in [-0.39, 0.29) is 12.3 Å². The van der Waals surface area contributed by atoms with E-state index in [2.05, 4.69) is 24.5 Å². The van der Waals surface area contributed by atoms with Gasteiger partial charge in [-0.05, 0) is 19.3 Å². The van der Waals surface area contributed by atoms with Crippen molar-refractivity contribution in [1.29, 1.82) is 0 Å². The minimum absolute atomic E-state index is 0.204. The Morgan fingerprint density at radius 2 is 1.09 bits per heavy atom. The highest BCUT2D eigenvalue weighted by molar-refractivity contribution is 5.77. The molecular formula is C62H114N2O21. The Bertz CT molecular complexity index is 1790. The van der Waals surface area contributed by atoms with Gasteiger partial charge in [-0.25, -0.2) is 4.79 Å². The maximum atomic E-state index is 13.4. The number of hydrogen-bond acceptors (Lipinski definition) is 20. The second kappa shape index (κ2) is 44.0. The summed E-state index contributed by atoms with van der Waals surface area (Å²) in [7, 11) is 0. The van der Waals surface area contributed by atoms with Crippen LogP contribution in [0.3, 0.4) is 0 Å². The van der Waals surface area contributed by atoms with Crippen molar-refractivity contribution < 1.29 is 104 Å². The summed E-state index contributed by atoms with van der Waals surface area (Å²) in [5.41, 5.74) is 0. The van der Waals surface area contributed by atoms with Gasteiger partial charge in [-0.2, -0.15) is 0 Å². The van der Waals surface area contributed by atoms with Crippen molar-refractivity contribution in [3.8, 4) is 0 Å². The van der Waals surface area contributed by atoms with E-state index in [1.54, 1.807) is 6.08 Å². The minimum atomic E-state index is -3.08. The molecule has 85 heavy (non-hydrogen) atoms. The van der Waals surface area contributed by atoms with Gasteiger partial charge in [0, 0.05) is 19.8 Å². The van der Waals surface area contributed by atoms with Crippen LogP contribution in [0.5, 0.6) is 0 Å². The highest BCUT2D eigenvalue weighted by atomic mass is 16.8. The van der Waals surface area contributed by atoms with Crippen LogP contribution in [-0.4, -0.2) is 215 Å². The molecule has 2 amide bonds. The molecule has 0 radical (unpaired) electrons. The van der Waals surface area contributed by atoms with Gasteiger partial charge in [-0.3, -0.25) is 9.59 Å². The number of nitrogens with one attached hydrogen (secondary N) is 2. The van der Waals surface area contributed by atoms with Gasteiger partial charge in [-0.1, -0.05) is 199 Å². The van der Waals surface area contributed by atoms with Gasteiger partial charge in [-0.15, -0.1) is 0 Å². The first kappa shape index (κ1) is 76.7. The number of aliphatic hydroxyl groups is 11. The number of carbonyl (C=O) groups excluding carboxylic acids is 2. The van der Waals surface area contributed by atoms with Crippen LogP contribution >= 0.6 is 0 Å². The lowest BCUT2D eigenvalue weighted by Crippen LogP contribution is -2.70. The number of rotatable bonds is 48. The third kappa shape index (κ3) is 27.6. The third-order valence-electron chi connectivity index (χ3n) is 16.7. The van der Waals surface area contributed by atoms with E-state index < -0.39 is 155 Å². The van der Waals surface area contributed by atoms with Crippen molar-refractivity contribution in [1.82, 2.24) is 10.6 Å². The quantitative estimate of drug-likeness (QED) is 0.0298. The van der Waals surface area contributed by atoms with Crippen molar-refractivity contribution >= 4 is 17.8 Å². The van der Waals surface area contributed by atoms with Crippen molar-refractivity contribution in [3.05, 3.63) is 12.2 Å². The summed E-state index contributed by atoms with van der Waals surface area (Å²) < 4.78 is 34.7. The lowest BCUT2D eigenvalue weighted by molar-refractivity contribution is -0.386. The topological polar surface area (TPSA) is 373 Å². The van der Waals surface area contributed by atoms with Crippen molar-refractivity contribution in [3.63, 3.8) is 0 Å². The maximum absolute atomic E-state index is 13.4. The Hall–Kier alpha value is -2.53. The van der Waals surface area contributed by atoms with Gasteiger partial charge < -0.3 is 100 Å². The van der Waals surface area contributed by atoms with Gasteiger partial charge in [0.05, 0.1) is 50.7 Å². The highest BCUT2D eigenvalue weighted by Crippen LogP contribution is 2.38. The van der Waals surface area contributed by atoms with Crippen LogP contribution in [0.15, 0.2) is 12.2 Å². The molecule has 0 aliphatic carbocycles. The molecule has 3 aliphatic rings. The fourth-order valence-electron chi connectivity index (χ4n) is 11.5. The molecule has 18 unspecified atom stereocenters. The summed E-state index contributed by atoms with van der Waals surface area (Å²) in [6.07, 6.45) is 10.2. The predicted octanol–water partition coefficient (Wildman–Crippen LogP) is 4.34. The lowest BCUT2D eigenvalue weighted by Gasteiger charge is -2.50. The molecule has 0 spiro atoms. The number of aliphatic hydroxyl groups excluding tert-OH is 11. The molecular weight excluding hydrogens is 1110 g/mol. The van der Waals surface area contributed by atoms with E-state index >= 15 is 0 Å². The Morgan fingerprint density at radius 1 is 0.612 bits per heavy atom. The molecule has 3 fully saturated rings. The molecule has 0 saturated carbocycles. The normalized spacial score (nSPS) is 29.6. The van der Waals surface area contributed by atoms with Crippen LogP contribution in [0.2, 0.25) is 0 Å². The number of carboxylic acid groups (broad SMARTS) is 1.